The molecule has 0 N–H and O–H groups in total. The first-order chi connectivity index (χ1) is 14.2. The molecular weight excluding hydrogens is 425 g/mol. The summed E-state index contributed by atoms with van der Waals surface area (Å²) in [6, 6.07) is 4.52. The average molecular weight is 448 g/mol. The lowest BCUT2D eigenvalue weighted by atomic mass is 9.73. The first kappa shape index (κ1) is 19.7. The number of hydrogen-bond donors (Lipinski definition) is 0. The van der Waals surface area contributed by atoms with Gasteiger partial charge in [0.25, 0.3) is 0 Å². The Bertz CT molecular complexity index is 1080. The maximum atomic E-state index is 13.5. The highest BCUT2D eigenvalue weighted by Crippen LogP contribution is 2.46. The molecule has 0 saturated carbocycles. The van der Waals surface area contributed by atoms with Crippen LogP contribution in [-0.4, -0.2) is 51.4 Å². The number of nitrogens with zero attached hydrogens (tertiary/aromatic N) is 7. The molecule has 0 aliphatic carbocycles. The van der Waals surface area contributed by atoms with Gasteiger partial charge in [0.2, 0.25) is 5.82 Å². The van der Waals surface area contributed by atoms with Crippen molar-refractivity contribution in [3.63, 3.8) is 0 Å². The molecule has 0 radical (unpaired) electrons. The Kier molecular flexibility index (Phi) is 4.52. The smallest absolute Gasteiger partial charge is 0.216 e. The van der Waals surface area contributed by atoms with Gasteiger partial charge in [-0.15, -0.1) is 10.2 Å². The highest BCUT2D eigenvalue weighted by molar-refractivity contribution is 7.18. The minimum absolute atomic E-state index is 0.0924. The molecule has 10 heteroatoms. The second-order valence-electron chi connectivity index (χ2n) is 9.52. The van der Waals surface area contributed by atoms with E-state index >= 15 is 0 Å². The van der Waals surface area contributed by atoms with E-state index in [1.54, 1.807) is 22.2 Å². The second kappa shape index (κ2) is 6.88. The van der Waals surface area contributed by atoms with Crippen LogP contribution in [0.2, 0.25) is 5.02 Å². The summed E-state index contributed by atoms with van der Waals surface area (Å²) in [5, 5.41) is 14.4. The Morgan fingerprint density at radius 3 is 2.63 bits per heavy atom. The summed E-state index contributed by atoms with van der Waals surface area (Å²) < 4.78 is 13.5. The first-order valence-corrected chi connectivity index (χ1v) is 11.1. The lowest BCUT2D eigenvalue weighted by molar-refractivity contribution is 0.156. The van der Waals surface area contributed by atoms with E-state index in [9.17, 15) is 4.39 Å². The molecule has 158 valence electrons. The third-order valence-electron chi connectivity index (χ3n) is 5.41. The summed E-state index contributed by atoms with van der Waals surface area (Å²) in [5.74, 6) is 0.364. The van der Waals surface area contributed by atoms with Gasteiger partial charge in [-0.2, -0.15) is 4.80 Å². The van der Waals surface area contributed by atoms with Gasteiger partial charge in [-0.1, -0.05) is 43.7 Å². The minimum Gasteiger partial charge on any atom is -0.369 e. The van der Waals surface area contributed by atoms with Crippen LogP contribution in [0.4, 0.5) is 15.2 Å². The lowest BCUT2D eigenvalue weighted by Gasteiger charge is -2.61. The molecule has 3 aromatic rings. The number of hydrogen-bond acceptors (Lipinski definition) is 7. The predicted octanol–water partition coefficient (Wildman–Crippen LogP) is 3.96. The normalized spacial score (nSPS) is 17.9. The molecule has 2 aliphatic heterocycles. The number of anilines is 2. The molecule has 0 atom stereocenters. The first-order valence-electron chi connectivity index (χ1n) is 9.89. The van der Waals surface area contributed by atoms with Crippen molar-refractivity contribution in [2.75, 3.05) is 36.0 Å². The Morgan fingerprint density at radius 2 is 1.90 bits per heavy atom. The predicted molar refractivity (Wildman–Crippen MR) is 117 cm³/mol. The Morgan fingerprint density at radius 1 is 1.17 bits per heavy atom. The summed E-state index contributed by atoms with van der Waals surface area (Å²) in [7, 11) is 0. The van der Waals surface area contributed by atoms with Crippen LogP contribution in [0.3, 0.4) is 0 Å². The molecule has 2 saturated heterocycles. The second-order valence-corrected chi connectivity index (χ2v) is 10.9. The van der Waals surface area contributed by atoms with Gasteiger partial charge in [-0.25, -0.2) is 9.37 Å². The van der Waals surface area contributed by atoms with E-state index < -0.39 is 0 Å². The molecule has 0 amide bonds. The summed E-state index contributed by atoms with van der Waals surface area (Å²) in [5.41, 5.74) is 1.10. The summed E-state index contributed by atoms with van der Waals surface area (Å²) in [6.07, 6.45) is 1.82. The van der Waals surface area contributed by atoms with Crippen molar-refractivity contribution >= 4 is 33.8 Å². The van der Waals surface area contributed by atoms with Crippen LogP contribution in [0.1, 0.15) is 20.8 Å². The van der Waals surface area contributed by atoms with Crippen molar-refractivity contribution < 1.29 is 4.39 Å². The highest BCUT2D eigenvalue weighted by Gasteiger charge is 2.52. The average Bonchev–Trinajstić information content (AvgIpc) is 3.23. The zero-order valence-corrected chi connectivity index (χ0v) is 18.7. The maximum Gasteiger partial charge on any atom is 0.216 e. The highest BCUT2D eigenvalue weighted by atomic mass is 35.5. The van der Waals surface area contributed by atoms with Crippen molar-refractivity contribution in [3.05, 3.63) is 35.2 Å². The largest absolute Gasteiger partial charge is 0.369 e. The van der Waals surface area contributed by atoms with Crippen molar-refractivity contribution in [2.24, 2.45) is 10.8 Å². The number of aromatic nitrogens is 5. The van der Waals surface area contributed by atoms with Gasteiger partial charge in [0.15, 0.2) is 5.13 Å². The molecule has 4 heterocycles. The van der Waals surface area contributed by atoms with Gasteiger partial charge in [0, 0.05) is 31.6 Å². The van der Waals surface area contributed by atoms with E-state index in [0.717, 1.165) is 41.9 Å². The maximum absolute atomic E-state index is 13.5. The van der Waals surface area contributed by atoms with Crippen molar-refractivity contribution in [3.8, 4) is 10.7 Å². The molecular formula is C20H23ClFN7S. The molecule has 2 fully saturated rings. The fourth-order valence-corrected chi connectivity index (χ4v) is 5.18. The van der Waals surface area contributed by atoms with Gasteiger partial charge < -0.3 is 9.80 Å². The molecule has 7 nitrogen and oxygen atoms in total. The Hall–Kier alpha value is -2.26. The van der Waals surface area contributed by atoms with E-state index in [4.69, 9.17) is 11.6 Å². The van der Waals surface area contributed by atoms with Crippen LogP contribution in [0.5, 0.6) is 0 Å². The number of benzene rings is 1. The monoisotopic (exact) mass is 447 g/mol. The van der Waals surface area contributed by atoms with Gasteiger partial charge >= 0.3 is 0 Å². The fourth-order valence-electron chi connectivity index (χ4n) is 4.11. The molecule has 0 bridgehead atoms. The van der Waals surface area contributed by atoms with Crippen LogP contribution in [0.15, 0.2) is 24.4 Å². The number of tetrazole rings is 1. The zero-order valence-electron chi connectivity index (χ0n) is 17.1. The molecule has 5 rings (SSSR count). The molecule has 1 spiro atoms. The van der Waals surface area contributed by atoms with Crippen molar-refractivity contribution in [1.82, 2.24) is 25.2 Å². The van der Waals surface area contributed by atoms with Crippen molar-refractivity contribution in [2.45, 2.75) is 27.3 Å². The third kappa shape index (κ3) is 3.65. The van der Waals surface area contributed by atoms with Gasteiger partial charge in [-0.3, -0.25) is 0 Å². The number of rotatable bonds is 4. The van der Waals surface area contributed by atoms with Crippen LogP contribution in [-0.2, 0) is 6.54 Å². The van der Waals surface area contributed by atoms with Gasteiger partial charge in [-0.05, 0) is 28.8 Å². The van der Waals surface area contributed by atoms with Crippen LogP contribution >= 0.6 is 22.9 Å². The molecule has 2 aromatic heterocycles. The lowest BCUT2D eigenvalue weighted by Crippen LogP contribution is -2.72. The number of thiazole rings is 1. The molecule has 1 aromatic carbocycles. The summed E-state index contributed by atoms with van der Waals surface area (Å²) in [4.78, 5) is 11.6. The van der Waals surface area contributed by atoms with Crippen LogP contribution in [0, 0.1) is 16.6 Å². The van der Waals surface area contributed by atoms with Crippen LogP contribution < -0.4 is 9.80 Å². The molecule has 30 heavy (non-hydrogen) atoms. The topological polar surface area (TPSA) is 63.0 Å². The summed E-state index contributed by atoms with van der Waals surface area (Å²) >= 11 is 7.83. The molecule has 0 unspecified atom stereocenters. The van der Waals surface area contributed by atoms with E-state index in [1.165, 1.54) is 12.1 Å². The third-order valence-corrected chi connectivity index (χ3v) is 6.78. The Labute approximate surface area is 183 Å². The van der Waals surface area contributed by atoms with Gasteiger partial charge in [0.1, 0.15) is 5.82 Å². The van der Waals surface area contributed by atoms with E-state index in [1.807, 2.05) is 6.20 Å². The quantitative estimate of drug-likeness (QED) is 0.603. The standard InChI is InChI=1S/C20H23ClFN7S/c1-19(2,3)8-29-25-17(24-26-29)16-7-23-18(30-16)28-11-20(12-28)9-27(10-20)15-6-13(22)4-5-14(15)21/h4-7H,8-12H2,1-3H3. The van der Waals surface area contributed by atoms with Crippen molar-refractivity contribution in [1.29, 1.82) is 0 Å². The van der Waals surface area contributed by atoms with Gasteiger partial charge in [0.05, 0.1) is 28.3 Å². The summed E-state index contributed by atoms with van der Waals surface area (Å²) in [6.45, 7) is 10.8. The molecule has 2 aliphatic rings. The van der Waals surface area contributed by atoms with E-state index in [-0.39, 0.29) is 16.6 Å². The van der Waals surface area contributed by atoms with Crippen LogP contribution in [0.25, 0.3) is 10.7 Å². The SMILES string of the molecule is CC(C)(C)Cn1nnc(-c2cnc(N3CC4(C3)CN(c3cc(F)ccc3Cl)C4)s2)n1. The van der Waals surface area contributed by atoms with E-state index in [2.05, 4.69) is 51.0 Å². The number of halogens is 2. The zero-order chi connectivity index (χ0) is 21.1. The fraction of sp³-hybridized carbons (Fsp3) is 0.500. The minimum atomic E-state index is -0.256. The van der Waals surface area contributed by atoms with E-state index in [0.29, 0.717) is 17.4 Å². The Balaban J connectivity index is 1.20.